The van der Waals surface area contributed by atoms with Crippen LogP contribution in [0.5, 0.6) is 5.75 Å². The molecule has 3 aromatic heterocycles. The van der Waals surface area contributed by atoms with Gasteiger partial charge in [0.15, 0.2) is 5.65 Å². The van der Waals surface area contributed by atoms with Gasteiger partial charge in [0.2, 0.25) is 0 Å². The highest BCUT2D eigenvalue weighted by atomic mass is 32.1. The van der Waals surface area contributed by atoms with E-state index in [9.17, 15) is 9.59 Å². The molecule has 0 saturated heterocycles. The Labute approximate surface area is 211 Å². The summed E-state index contributed by atoms with van der Waals surface area (Å²) in [5.41, 5.74) is 3.60. The molecule has 0 aliphatic rings. The first-order valence-corrected chi connectivity index (χ1v) is 12.1. The lowest BCUT2D eigenvalue weighted by atomic mass is 10.1. The largest absolute Gasteiger partial charge is 0.497 e. The van der Waals surface area contributed by atoms with Crippen molar-refractivity contribution in [2.75, 3.05) is 17.7 Å². The zero-order chi connectivity index (χ0) is 25.1. The van der Waals surface area contributed by atoms with Crippen molar-refractivity contribution in [1.29, 1.82) is 0 Å². The Morgan fingerprint density at radius 3 is 2.33 bits per heavy atom. The molecule has 0 saturated carbocycles. The average molecular weight is 498 g/mol. The lowest BCUT2D eigenvalue weighted by Gasteiger charge is -2.09. The van der Waals surface area contributed by atoms with Crippen LogP contribution >= 0.6 is 11.3 Å². The number of nitrogens with one attached hydrogen (secondary N) is 2. The van der Waals surface area contributed by atoms with Crippen molar-refractivity contribution in [3.05, 3.63) is 100 Å². The maximum atomic E-state index is 13.2. The number of rotatable bonds is 7. The molecule has 0 unspecified atom stereocenters. The van der Waals surface area contributed by atoms with E-state index in [4.69, 9.17) is 4.74 Å². The highest BCUT2D eigenvalue weighted by Crippen LogP contribution is 2.22. The quantitative estimate of drug-likeness (QED) is 0.315. The zero-order valence-corrected chi connectivity index (χ0v) is 20.5. The van der Waals surface area contributed by atoms with Gasteiger partial charge in [0, 0.05) is 27.5 Å². The van der Waals surface area contributed by atoms with Crippen LogP contribution in [-0.2, 0) is 6.54 Å². The third-order valence-corrected chi connectivity index (χ3v) is 6.48. The van der Waals surface area contributed by atoms with E-state index in [2.05, 4.69) is 20.7 Å². The van der Waals surface area contributed by atoms with Crippen LogP contribution in [0.25, 0.3) is 11.0 Å². The number of thiophene rings is 1. The monoisotopic (exact) mass is 497 g/mol. The molecule has 5 rings (SSSR count). The predicted molar refractivity (Wildman–Crippen MR) is 141 cm³/mol. The van der Waals surface area contributed by atoms with E-state index in [-0.39, 0.29) is 11.8 Å². The van der Waals surface area contributed by atoms with Gasteiger partial charge in [-0.1, -0.05) is 6.07 Å². The Hall–Kier alpha value is -4.50. The Morgan fingerprint density at radius 2 is 1.67 bits per heavy atom. The number of ether oxygens (including phenoxy) is 1. The second kappa shape index (κ2) is 10.0. The summed E-state index contributed by atoms with van der Waals surface area (Å²) in [6, 6.07) is 19.6. The summed E-state index contributed by atoms with van der Waals surface area (Å²) in [5, 5.41) is 12.9. The number of aromatic nitrogens is 3. The normalized spacial score (nSPS) is 10.8. The van der Waals surface area contributed by atoms with E-state index >= 15 is 0 Å². The summed E-state index contributed by atoms with van der Waals surface area (Å²) in [6.45, 7) is 2.45. The number of amides is 2. The molecule has 8 nitrogen and oxygen atoms in total. The number of fused-ring (bicyclic) bond motifs is 1. The summed E-state index contributed by atoms with van der Waals surface area (Å²) in [5.74, 6) is 0.198. The average Bonchev–Trinajstić information content (AvgIpc) is 3.55. The van der Waals surface area contributed by atoms with Crippen LogP contribution in [0, 0.1) is 6.92 Å². The van der Waals surface area contributed by atoms with Crippen molar-refractivity contribution in [3.8, 4) is 5.75 Å². The Bertz CT molecular complexity index is 1520. The van der Waals surface area contributed by atoms with Gasteiger partial charge in [-0.2, -0.15) is 5.10 Å². The number of pyridine rings is 1. The standard InChI is InChI=1S/C27H23N5O3S/c1-17-14-23(24-15-28-32(25(24)29-17)16-22-4-3-13-36-22)27(34)31-19-7-5-18(6-8-19)26(33)30-20-9-11-21(35-2)12-10-20/h3-15H,16H2,1-2H3,(H,30,33)(H,31,34). The maximum absolute atomic E-state index is 13.2. The summed E-state index contributed by atoms with van der Waals surface area (Å²) >= 11 is 1.65. The topological polar surface area (TPSA) is 98.1 Å². The molecule has 0 radical (unpaired) electrons. The van der Waals surface area contributed by atoms with E-state index < -0.39 is 0 Å². The van der Waals surface area contributed by atoms with Gasteiger partial charge < -0.3 is 15.4 Å². The van der Waals surface area contributed by atoms with Crippen molar-refractivity contribution in [2.24, 2.45) is 0 Å². The highest BCUT2D eigenvalue weighted by Gasteiger charge is 2.17. The van der Waals surface area contributed by atoms with Gasteiger partial charge in [-0.15, -0.1) is 11.3 Å². The Kier molecular flexibility index (Phi) is 6.46. The first-order valence-electron chi connectivity index (χ1n) is 11.2. The molecule has 5 aromatic rings. The fraction of sp³-hybridized carbons (Fsp3) is 0.111. The smallest absolute Gasteiger partial charge is 0.256 e. The molecule has 0 atom stereocenters. The predicted octanol–water partition coefficient (Wildman–Crippen LogP) is 5.36. The van der Waals surface area contributed by atoms with Gasteiger partial charge >= 0.3 is 0 Å². The van der Waals surface area contributed by atoms with Crippen LogP contribution < -0.4 is 15.4 Å². The second-order valence-corrected chi connectivity index (χ2v) is 9.18. The van der Waals surface area contributed by atoms with Gasteiger partial charge in [-0.3, -0.25) is 9.59 Å². The van der Waals surface area contributed by atoms with Crippen molar-refractivity contribution >= 4 is 45.6 Å². The van der Waals surface area contributed by atoms with Gasteiger partial charge in [-0.05, 0) is 73.0 Å². The molecular weight excluding hydrogens is 474 g/mol. The van der Waals surface area contributed by atoms with E-state index in [1.54, 1.807) is 83.9 Å². The SMILES string of the molecule is COc1ccc(NC(=O)c2ccc(NC(=O)c3cc(C)nc4c3cnn4Cc3cccs3)cc2)cc1. The Balaban J connectivity index is 1.30. The molecule has 2 aromatic carbocycles. The first kappa shape index (κ1) is 23.3. The Morgan fingerprint density at radius 1 is 0.972 bits per heavy atom. The first-order chi connectivity index (χ1) is 17.5. The summed E-state index contributed by atoms with van der Waals surface area (Å²) in [6.07, 6.45) is 1.68. The maximum Gasteiger partial charge on any atom is 0.256 e. The van der Waals surface area contributed by atoms with E-state index in [1.165, 1.54) is 0 Å². The fourth-order valence-corrected chi connectivity index (χ4v) is 4.49. The molecule has 9 heteroatoms. The second-order valence-electron chi connectivity index (χ2n) is 8.14. The van der Waals surface area contributed by atoms with Crippen LogP contribution in [0.2, 0.25) is 0 Å². The fourth-order valence-electron chi connectivity index (χ4n) is 3.81. The number of methoxy groups -OCH3 is 1. The minimum atomic E-state index is -0.267. The number of nitrogens with zero attached hydrogens (tertiary/aromatic N) is 3. The molecule has 36 heavy (non-hydrogen) atoms. The number of hydrogen-bond donors (Lipinski definition) is 2. The summed E-state index contributed by atoms with van der Waals surface area (Å²) < 4.78 is 6.94. The highest BCUT2D eigenvalue weighted by molar-refractivity contribution is 7.09. The molecule has 2 amide bonds. The van der Waals surface area contributed by atoms with Crippen molar-refractivity contribution in [1.82, 2.24) is 14.8 Å². The molecule has 180 valence electrons. The van der Waals surface area contributed by atoms with E-state index in [0.29, 0.717) is 45.8 Å². The molecule has 0 aliphatic heterocycles. The number of anilines is 2. The van der Waals surface area contributed by atoms with Crippen LogP contribution in [-0.4, -0.2) is 33.7 Å². The molecule has 0 fully saturated rings. The number of hydrogen-bond acceptors (Lipinski definition) is 6. The van der Waals surface area contributed by atoms with Crippen LogP contribution in [0.15, 0.2) is 78.3 Å². The molecule has 2 N–H and O–H groups in total. The minimum absolute atomic E-state index is 0.248. The summed E-state index contributed by atoms with van der Waals surface area (Å²) in [7, 11) is 1.59. The van der Waals surface area contributed by atoms with E-state index in [1.807, 2.05) is 24.4 Å². The number of aryl methyl sites for hydroxylation is 1. The van der Waals surface area contributed by atoms with Crippen molar-refractivity contribution in [2.45, 2.75) is 13.5 Å². The lowest BCUT2D eigenvalue weighted by molar-refractivity contribution is 0.102. The van der Waals surface area contributed by atoms with Crippen LogP contribution in [0.3, 0.4) is 0 Å². The molecular formula is C27H23N5O3S. The molecule has 0 spiro atoms. The number of benzene rings is 2. The third-order valence-electron chi connectivity index (χ3n) is 5.62. The minimum Gasteiger partial charge on any atom is -0.497 e. The van der Waals surface area contributed by atoms with Gasteiger partial charge in [0.05, 0.1) is 30.8 Å². The van der Waals surface area contributed by atoms with E-state index in [0.717, 1.165) is 10.6 Å². The zero-order valence-electron chi connectivity index (χ0n) is 19.7. The van der Waals surface area contributed by atoms with Gasteiger partial charge in [-0.25, -0.2) is 9.67 Å². The van der Waals surface area contributed by atoms with Crippen molar-refractivity contribution in [3.63, 3.8) is 0 Å². The van der Waals surface area contributed by atoms with Gasteiger partial charge in [0.1, 0.15) is 5.75 Å². The van der Waals surface area contributed by atoms with Crippen LogP contribution in [0.1, 0.15) is 31.3 Å². The third kappa shape index (κ3) is 4.96. The lowest BCUT2D eigenvalue weighted by Crippen LogP contribution is -2.14. The number of carbonyl (C=O) groups excluding carboxylic acids is 2. The van der Waals surface area contributed by atoms with Gasteiger partial charge in [0.25, 0.3) is 11.8 Å². The molecule has 0 aliphatic carbocycles. The molecule has 0 bridgehead atoms. The van der Waals surface area contributed by atoms with Crippen LogP contribution in [0.4, 0.5) is 11.4 Å². The molecule has 3 heterocycles. The van der Waals surface area contributed by atoms with Crippen molar-refractivity contribution < 1.29 is 14.3 Å². The summed E-state index contributed by atoms with van der Waals surface area (Å²) in [4.78, 5) is 31.5. The number of carbonyl (C=O) groups is 2.